The number of ketones is 1. The fourth-order valence-electron chi connectivity index (χ4n) is 2.10. The number of Topliss-reactive ketones (excluding diaryl/α,β-unsaturated/α-hetero) is 1. The minimum atomic E-state index is -0.734. The maximum absolute atomic E-state index is 13.5. The van der Waals surface area contributed by atoms with Crippen molar-refractivity contribution in [2.24, 2.45) is 0 Å². The first-order valence-corrected chi connectivity index (χ1v) is 6.12. The van der Waals surface area contributed by atoms with Crippen LogP contribution in [-0.4, -0.2) is 16.8 Å². The van der Waals surface area contributed by atoms with Crippen LogP contribution < -0.4 is 4.90 Å². The molecular formula is C13H8ClFN2O3. The minimum absolute atomic E-state index is 0.0377. The molecular weight excluding hydrogens is 287 g/mol. The smallest absolute Gasteiger partial charge is 0.299 e. The molecule has 7 heteroatoms. The molecule has 1 aromatic carbocycles. The number of aromatic nitrogens is 1. The summed E-state index contributed by atoms with van der Waals surface area (Å²) in [5.74, 6) is -1.54. The highest BCUT2D eigenvalue weighted by molar-refractivity contribution is 6.52. The Labute approximate surface area is 117 Å². The van der Waals surface area contributed by atoms with E-state index in [1.807, 2.05) is 0 Å². The molecule has 2 aromatic rings. The van der Waals surface area contributed by atoms with Gasteiger partial charge in [-0.2, -0.15) is 0 Å². The van der Waals surface area contributed by atoms with Gasteiger partial charge in [0.25, 0.3) is 11.7 Å². The van der Waals surface area contributed by atoms with Crippen LogP contribution in [0.15, 0.2) is 22.7 Å². The summed E-state index contributed by atoms with van der Waals surface area (Å²) in [4.78, 5) is 25.0. The average Bonchev–Trinajstić information content (AvgIpc) is 2.90. The molecule has 20 heavy (non-hydrogen) atoms. The van der Waals surface area contributed by atoms with Crippen molar-refractivity contribution in [2.45, 2.75) is 13.5 Å². The van der Waals surface area contributed by atoms with Gasteiger partial charge in [0.05, 0.1) is 22.8 Å². The maximum Gasteiger partial charge on any atom is 0.299 e. The van der Waals surface area contributed by atoms with Crippen LogP contribution >= 0.6 is 11.6 Å². The summed E-state index contributed by atoms with van der Waals surface area (Å²) in [6.45, 7) is 1.75. The minimum Gasteiger partial charge on any atom is -0.361 e. The molecule has 0 aliphatic carbocycles. The van der Waals surface area contributed by atoms with E-state index < -0.39 is 17.5 Å². The highest BCUT2D eigenvalue weighted by Gasteiger charge is 2.37. The number of hydrogen-bond donors (Lipinski definition) is 0. The summed E-state index contributed by atoms with van der Waals surface area (Å²) in [5, 5.41) is 3.56. The van der Waals surface area contributed by atoms with Gasteiger partial charge in [-0.05, 0) is 19.1 Å². The van der Waals surface area contributed by atoms with Crippen LogP contribution in [-0.2, 0) is 11.3 Å². The summed E-state index contributed by atoms with van der Waals surface area (Å²) >= 11 is 5.63. The van der Waals surface area contributed by atoms with Gasteiger partial charge in [0.15, 0.2) is 0 Å². The van der Waals surface area contributed by atoms with Crippen LogP contribution in [0.3, 0.4) is 0 Å². The molecule has 0 radical (unpaired) electrons. The van der Waals surface area contributed by atoms with Crippen LogP contribution in [0.2, 0.25) is 5.02 Å². The lowest BCUT2D eigenvalue weighted by atomic mass is 10.1. The third-order valence-corrected chi connectivity index (χ3v) is 3.30. The number of carbonyl (C=O) groups excluding carboxylic acids is 2. The lowest BCUT2D eigenvalue weighted by Crippen LogP contribution is -2.29. The van der Waals surface area contributed by atoms with Gasteiger partial charge in [-0.3, -0.25) is 14.5 Å². The quantitative estimate of drug-likeness (QED) is 0.798. The highest BCUT2D eigenvalue weighted by atomic mass is 35.5. The number of hydrogen-bond acceptors (Lipinski definition) is 4. The van der Waals surface area contributed by atoms with Gasteiger partial charge in [0.2, 0.25) is 0 Å². The van der Waals surface area contributed by atoms with Crippen molar-refractivity contribution in [3.63, 3.8) is 0 Å². The van der Waals surface area contributed by atoms with E-state index in [0.29, 0.717) is 11.5 Å². The standard InChI is InChI=1S/C13H8ClFN2O3/c1-6-2-7(16-20-6)5-17-11-4-10(15)9(14)3-8(11)12(18)13(17)19/h2-4H,5H2,1H3. The third-order valence-electron chi connectivity index (χ3n) is 3.01. The van der Waals surface area contributed by atoms with E-state index in [9.17, 15) is 14.0 Å². The van der Waals surface area contributed by atoms with Crippen LogP contribution in [0.1, 0.15) is 21.8 Å². The summed E-state index contributed by atoms with van der Waals surface area (Å²) < 4.78 is 18.4. The number of benzene rings is 1. The van der Waals surface area contributed by atoms with Crippen LogP contribution in [0.5, 0.6) is 0 Å². The SMILES string of the molecule is Cc1cc(CN2C(=O)C(=O)c3cc(Cl)c(F)cc32)no1. The average molecular weight is 295 g/mol. The topological polar surface area (TPSA) is 63.4 Å². The second-order valence-electron chi connectivity index (χ2n) is 4.43. The molecule has 0 saturated heterocycles. The van der Waals surface area contributed by atoms with Crippen LogP contribution in [0.25, 0.3) is 0 Å². The first-order chi connectivity index (χ1) is 9.47. The molecule has 0 bridgehead atoms. The predicted octanol–water partition coefficient (Wildman–Crippen LogP) is 2.51. The fraction of sp³-hybridized carbons (Fsp3) is 0.154. The lowest BCUT2D eigenvalue weighted by Gasteiger charge is -2.14. The number of nitrogens with zero attached hydrogens (tertiary/aromatic N) is 2. The Kier molecular flexibility index (Phi) is 2.83. The predicted molar refractivity (Wildman–Crippen MR) is 68.2 cm³/mol. The van der Waals surface area contributed by atoms with Gasteiger partial charge in [0.1, 0.15) is 17.3 Å². The summed E-state index contributed by atoms with van der Waals surface area (Å²) in [7, 11) is 0. The summed E-state index contributed by atoms with van der Waals surface area (Å²) in [5.41, 5.74) is 0.774. The molecule has 0 fully saturated rings. The Hall–Kier alpha value is -2.21. The molecule has 0 N–H and O–H groups in total. The van der Waals surface area contributed by atoms with E-state index in [-0.39, 0.29) is 22.8 Å². The number of fused-ring (bicyclic) bond motifs is 1. The molecule has 2 heterocycles. The molecule has 1 aromatic heterocycles. The van der Waals surface area contributed by atoms with Crippen LogP contribution in [0.4, 0.5) is 10.1 Å². The zero-order valence-electron chi connectivity index (χ0n) is 10.3. The van der Waals surface area contributed by atoms with Gasteiger partial charge >= 0.3 is 0 Å². The normalized spacial score (nSPS) is 14.1. The van der Waals surface area contributed by atoms with Crippen molar-refractivity contribution in [1.29, 1.82) is 0 Å². The van der Waals surface area contributed by atoms with E-state index in [1.54, 1.807) is 13.0 Å². The van der Waals surface area contributed by atoms with Crippen molar-refractivity contribution in [1.82, 2.24) is 5.16 Å². The number of carbonyl (C=O) groups is 2. The number of halogens is 2. The van der Waals surface area contributed by atoms with E-state index in [1.165, 1.54) is 6.07 Å². The first-order valence-electron chi connectivity index (χ1n) is 5.75. The van der Waals surface area contributed by atoms with E-state index >= 15 is 0 Å². The van der Waals surface area contributed by atoms with Crippen molar-refractivity contribution < 1.29 is 18.5 Å². The second kappa shape index (κ2) is 4.42. The van der Waals surface area contributed by atoms with Crippen molar-refractivity contribution in [3.05, 3.63) is 46.1 Å². The molecule has 0 atom stereocenters. The van der Waals surface area contributed by atoms with Gasteiger partial charge in [-0.25, -0.2) is 4.39 Å². The van der Waals surface area contributed by atoms with Gasteiger partial charge in [-0.15, -0.1) is 0 Å². The second-order valence-corrected chi connectivity index (χ2v) is 4.84. The van der Waals surface area contributed by atoms with Gasteiger partial charge in [0, 0.05) is 6.07 Å². The summed E-state index contributed by atoms with van der Waals surface area (Å²) in [6.07, 6.45) is 0. The molecule has 5 nitrogen and oxygen atoms in total. The van der Waals surface area contributed by atoms with E-state index in [2.05, 4.69) is 5.16 Å². The fourth-order valence-corrected chi connectivity index (χ4v) is 2.26. The number of rotatable bonds is 2. The third kappa shape index (κ3) is 1.89. The lowest BCUT2D eigenvalue weighted by molar-refractivity contribution is -0.114. The van der Waals surface area contributed by atoms with Crippen molar-refractivity contribution in [3.8, 4) is 0 Å². The number of aryl methyl sites for hydroxylation is 1. The zero-order chi connectivity index (χ0) is 14.4. The highest BCUT2D eigenvalue weighted by Crippen LogP contribution is 2.34. The van der Waals surface area contributed by atoms with Crippen molar-refractivity contribution >= 4 is 29.0 Å². The van der Waals surface area contributed by atoms with E-state index in [4.69, 9.17) is 16.1 Å². The Morgan fingerprint density at radius 2 is 2.10 bits per heavy atom. The molecule has 1 aliphatic rings. The maximum atomic E-state index is 13.5. The Morgan fingerprint density at radius 1 is 1.35 bits per heavy atom. The summed E-state index contributed by atoms with van der Waals surface area (Å²) in [6, 6.07) is 3.88. The monoisotopic (exact) mass is 294 g/mol. The Morgan fingerprint density at radius 3 is 2.75 bits per heavy atom. The molecule has 1 amide bonds. The van der Waals surface area contributed by atoms with Crippen molar-refractivity contribution in [2.75, 3.05) is 4.90 Å². The molecule has 0 saturated carbocycles. The van der Waals surface area contributed by atoms with Gasteiger partial charge < -0.3 is 4.52 Å². The number of amides is 1. The Bertz CT molecular complexity index is 741. The molecule has 0 unspecified atom stereocenters. The largest absolute Gasteiger partial charge is 0.361 e. The molecule has 3 rings (SSSR count). The molecule has 0 spiro atoms. The molecule has 1 aliphatic heterocycles. The van der Waals surface area contributed by atoms with Crippen LogP contribution in [0, 0.1) is 12.7 Å². The van der Waals surface area contributed by atoms with E-state index in [0.717, 1.165) is 11.0 Å². The number of anilines is 1. The Balaban J connectivity index is 2.03. The molecule has 102 valence electrons. The first kappa shape index (κ1) is 12.8. The van der Waals surface area contributed by atoms with Gasteiger partial charge in [-0.1, -0.05) is 16.8 Å². The zero-order valence-corrected chi connectivity index (χ0v) is 11.1.